The number of amides is 1. The molecule has 0 bridgehead atoms. The SMILES string of the molecule is Cc1nc(-c2ccc3c(c2)CCN3C(=O)c2ccccc2-n2cccn2)cs1. The number of anilines is 1. The van der Waals surface area contributed by atoms with Crippen LogP contribution in [0.3, 0.4) is 0 Å². The van der Waals surface area contributed by atoms with Gasteiger partial charge in [0.2, 0.25) is 0 Å². The van der Waals surface area contributed by atoms with Crippen LogP contribution >= 0.6 is 11.3 Å². The van der Waals surface area contributed by atoms with Gasteiger partial charge in [-0.05, 0) is 49.2 Å². The lowest BCUT2D eigenvalue weighted by atomic mass is 10.1. The molecule has 0 atom stereocenters. The highest BCUT2D eigenvalue weighted by Gasteiger charge is 2.27. The molecule has 0 radical (unpaired) electrons. The largest absolute Gasteiger partial charge is 0.308 e. The summed E-state index contributed by atoms with van der Waals surface area (Å²) in [5.74, 6) is 0.00195. The van der Waals surface area contributed by atoms with Gasteiger partial charge in [-0.1, -0.05) is 18.2 Å². The van der Waals surface area contributed by atoms with E-state index < -0.39 is 0 Å². The summed E-state index contributed by atoms with van der Waals surface area (Å²) in [5.41, 5.74) is 5.72. The van der Waals surface area contributed by atoms with Crippen molar-refractivity contribution in [2.75, 3.05) is 11.4 Å². The van der Waals surface area contributed by atoms with Gasteiger partial charge >= 0.3 is 0 Å². The first-order valence-electron chi connectivity index (χ1n) is 9.17. The maximum absolute atomic E-state index is 13.4. The van der Waals surface area contributed by atoms with Crippen molar-refractivity contribution in [1.82, 2.24) is 14.8 Å². The van der Waals surface area contributed by atoms with E-state index in [1.807, 2.05) is 54.4 Å². The average Bonchev–Trinajstić information content (AvgIpc) is 3.47. The van der Waals surface area contributed by atoms with E-state index in [0.717, 1.165) is 34.1 Å². The number of rotatable bonds is 3. The third-order valence-corrected chi connectivity index (χ3v) is 5.79. The van der Waals surface area contributed by atoms with Crippen LogP contribution in [0.1, 0.15) is 20.9 Å². The second kappa shape index (κ2) is 6.73. The van der Waals surface area contributed by atoms with Crippen LogP contribution in [0.2, 0.25) is 0 Å². The minimum Gasteiger partial charge on any atom is -0.308 e. The zero-order valence-corrected chi connectivity index (χ0v) is 16.2. The maximum Gasteiger partial charge on any atom is 0.260 e. The zero-order chi connectivity index (χ0) is 19.1. The number of benzene rings is 2. The topological polar surface area (TPSA) is 51.0 Å². The van der Waals surface area contributed by atoms with E-state index in [9.17, 15) is 4.79 Å². The predicted molar refractivity (Wildman–Crippen MR) is 111 cm³/mol. The molecular weight excluding hydrogens is 368 g/mol. The standard InChI is InChI=1S/C22H18N4OS/c1-15-24-19(14-28-15)16-7-8-20-17(13-16)9-12-25(20)22(27)18-5-2-3-6-21(18)26-11-4-10-23-26/h2-8,10-11,13-14H,9,12H2,1H3. The third kappa shape index (κ3) is 2.82. The second-order valence-electron chi connectivity index (χ2n) is 6.77. The fourth-order valence-electron chi connectivity index (χ4n) is 3.68. The summed E-state index contributed by atoms with van der Waals surface area (Å²) in [6.07, 6.45) is 4.42. The maximum atomic E-state index is 13.4. The summed E-state index contributed by atoms with van der Waals surface area (Å²) in [6, 6.07) is 15.7. The van der Waals surface area contributed by atoms with Gasteiger partial charge in [0.05, 0.1) is 22.0 Å². The van der Waals surface area contributed by atoms with E-state index in [1.165, 1.54) is 5.56 Å². The number of aromatic nitrogens is 3. The quantitative estimate of drug-likeness (QED) is 0.521. The molecule has 1 aliphatic heterocycles. The third-order valence-electron chi connectivity index (χ3n) is 5.02. The number of carbonyl (C=O) groups is 1. The molecular formula is C22H18N4OS. The van der Waals surface area contributed by atoms with Crippen LogP contribution in [-0.4, -0.2) is 27.2 Å². The molecule has 0 N–H and O–H groups in total. The normalized spacial score (nSPS) is 13.0. The fourth-order valence-corrected chi connectivity index (χ4v) is 4.30. The number of carbonyl (C=O) groups excluding carboxylic acids is 1. The summed E-state index contributed by atoms with van der Waals surface area (Å²) in [7, 11) is 0. The van der Waals surface area contributed by atoms with Gasteiger partial charge < -0.3 is 4.90 Å². The molecule has 138 valence electrons. The lowest BCUT2D eigenvalue weighted by Gasteiger charge is -2.19. The molecule has 3 heterocycles. The van der Waals surface area contributed by atoms with Crippen molar-refractivity contribution in [2.24, 2.45) is 0 Å². The highest BCUT2D eigenvalue weighted by atomic mass is 32.1. The summed E-state index contributed by atoms with van der Waals surface area (Å²) in [4.78, 5) is 19.8. The van der Waals surface area contributed by atoms with Crippen LogP contribution in [0.5, 0.6) is 0 Å². The first-order chi connectivity index (χ1) is 13.7. The summed E-state index contributed by atoms with van der Waals surface area (Å²) >= 11 is 1.65. The molecule has 0 aliphatic carbocycles. The molecule has 6 heteroatoms. The van der Waals surface area contributed by atoms with Gasteiger partial charge in [-0.25, -0.2) is 9.67 Å². The Morgan fingerprint density at radius 3 is 2.79 bits per heavy atom. The van der Waals surface area contributed by atoms with Gasteiger partial charge in [0.15, 0.2) is 0 Å². The highest BCUT2D eigenvalue weighted by Crippen LogP contribution is 2.34. The number of thiazole rings is 1. The molecule has 28 heavy (non-hydrogen) atoms. The lowest BCUT2D eigenvalue weighted by molar-refractivity contribution is 0.0989. The van der Waals surface area contributed by atoms with Crippen molar-refractivity contribution >= 4 is 22.9 Å². The molecule has 0 saturated heterocycles. The summed E-state index contributed by atoms with van der Waals surface area (Å²) in [5, 5.41) is 7.42. The van der Waals surface area contributed by atoms with Crippen molar-refractivity contribution in [2.45, 2.75) is 13.3 Å². The van der Waals surface area contributed by atoms with E-state index in [0.29, 0.717) is 12.1 Å². The van der Waals surface area contributed by atoms with E-state index in [4.69, 9.17) is 0 Å². The van der Waals surface area contributed by atoms with Gasteiger partial charge in [0.25, 0.3) is 5.91 Å². The molecule has 0 unspecified atom stereocenters. The molecule has 2 aromatic carbocycles. The van der Waals surface area contributed by atoms with Crippen LogP contribution in [0.15, 0.2) is 66.3 Å². The Balaban J connectivity index is 1.50. The minimum atomic E-state index is 0.00195. The molecule has 1 amide bonds. The molecule has 0 fully saturated rings. The van der Waals surface area contributed by atoms with Gasteiger partial charge in [-0.3, -0.25) is 4.79 Å². The number of para-hydroxylation sites is 1. The number of hydrogen-bond acceptors (Lipinski definition) is 4. The van der Waals surface area contributed by atoms with Gasteiger partial charge in [0.1, 0.15) is 0 Å². The van der Waals surface area contributed by atoms with E-state index in [-0.39, 0.29) is 5.91 Å². The number of aryl methyl sites for hydroxylation is 1. The Labute approximate surface area is 166 Å². The van der Waals surface area contributed by atoms with Crippen LogP contribution < -0.4 is 4.90 Å². The highest BCUT2D eigenvalue weighted by molar-refractivity contribution is 7.09. The molecule has 4 aromatic rings. The summed E-state index contributed by atoms with van der Waals surface area (Å²) < 4.78 is 1.73. The van der Waals surface area contributed by atoms with Crippen molar-refractivity contribution in [3.05, 3.63) is 82.4 Å². The van der Waals surface area contributed by atoms with E-state index in [2.05, 4.69) is 27.6 Å². The zero-order valence-electron chi connectivity index (χ0n) is 15.4. The second-order valence-corrected chi connectivity index (χ2v) is 7.83. The van der Waals surface area contributed by atoms with Crippen molar-refractivity contribution < 1.29 is 4.79 Å². The molecule has 2 aromatic heterocycles. The number of hydrogen-bond donors (Lipinski definition) is 0. The van der Waals surface area contributed by atoms with Crippen molar-refractivity contribution in [1.29, 1.82) is 0 Å². The molecule has 0 saturated carbocycles. The molecule has 0 spiro atoms. The van der Waals surface area contributed by atoms with Gasteiger partial charge in [-0.2, -0.15) is 5.10 Å². The number of nitrogens with zero attached hydrogens (tertiary/aromatic N) is 4. The van der Waals surface area contributed by atoms with Crippen molar-refractivity contribution in [3.8, 4) is 16.9 Å². The number of fused-ring (bicyclic) bond motifs is 1. The van der Waals surface area contributed by atoms with Gasteiger partial charge in [-0.15, -0.1) is 11.3 Å². The Hall–Kier alpha value is -3.25. The Kier molecular flexibility index (Phi) is 4.06. The molecule has 5 nitrogen and oxygen atoms in total. The van der Waals surface area contributed by atoms with Crippen LogP contribution in [-0.2, 0) is 6.42 Å². The Morgan fingerprint density at radius 1 is 1.11 bits per heavy atom. The first-order valence-corrected chi connectivity index (χ1v) is 10.0. The fraction of sp³-hybridized carbons (Fsp3) is 0.136. The Morgan fingerprint density at radius 2 is 2.00 bits per heavy atom. The van der Waals surface area contributed by atoms with E-state index in [1.54, 1.807) is 22.2 Å². The van der Waals surface area contributed by atoms with Crippen LogP contribution in [0.4, 0.5) is 5.69 Å². The monoisotopic (exact) mass is 386 g/mol. The van der Waals surface area contributed by atoms with E-state index >= 15 is 0 Å². The van der Waals surface area contributed by atoms with Crippen LogP contribution in [0.25, 0.3) is 16.9 Å². The van der Waals surface area contributed by atoms with Crippen LogP contribution in [0, 0.1) is 6.92 Å². The lowest BCUT2D eigenvalue weighted by Crippen LogP contribution is -2.29. The molecule has 1 aliphatic rings. The van der Waals surface area contributed by atoms with Crippen molar-refractivity contribution in [3.63, 3.8) is 0 Å². The average molecular weight is 386 g/mol. The molecule has 5 rings (SSSR count). The summed E-state index contributed by atoms with van der Waals surface area (Å²) in [6.45, 7) is 2.69. The Bertz CT molecular complexity index is 1160. The first kappa shape index (κ1) is 16.9. The smallest absolute Gasteiger partial charge is 0.260 e. The minimum absolute atomic E-state index is 0.00195. The van der Waals surface area contributed by atoms with Gasteiger partial charge in [0, 0.05) is 35.6 Å². The predicted octanol–water partition coefficient (Wildman–Crippen LogP) is 4.51.